The standard InChI is InChI=1S/C7H9NS2/c9-8-6-4-2-1-3-5-7-10-8/h1-5,7,9H,6H2/b3-1+,4-2-,7-5-. The van der Waals surface area contributed by atoms with Crippen molar-refractivity contribution in [2.24, 2.45) is 0 Å². The van der Waals surface area contributed by atoms with E-state index in [2.05, 4.69) is 18.9 Å². The van der Waals surface area contributed by atoms with Crippen LogP contribution in [0.3, 0.4) is 0 Å². The highest BCUT2D eigenvalue weighted by Crippen LogP contribution is 2.14. The first-order valence-electron chi connectivity index (χ1n) is 3.01. The lowest BCUT2D eigenvalue weighted by Gasteiger charge is -2.06. The van der Waals surface area contributed by atoms with Crippen molar-refractivity contribution in [3.05, 3.63) is 35.8 Å². The molecule has 1 aliphatic rings. The minimum absolute atomic E-state index is 0.864. The first kappa shape index (κ1) is 7.98. The summed E-state index contributed by atoms with van der Waals surface area (Å²) in [5.74, 6) is 0. The van der Waals surface area contributed by atoms with Crippen LogP contribution in [0.1, 0.15) is 0 Å². The summed E-state index contributed by atoms with van der Waals surface area (Å²) in [6.45, 7) is 0.864. The molecule has 54 valence electrons. The summed E-state index contributed by atoms with van der Waals surface area (Å²) in [6.07, 6.45) is 10.1. The first-order valence-corrected chi connectivity index (χ1v) is 4.25. The number of rotatable bonds is 0. The van der Waals surface area contributed by atoms with Crippen molar-refractivity contribution in [3.63, 3.8) is 0 Å². The highest BCUT2D eigenvalue weighted by molar-refractivity contribution is 8.07. The van der Waals surface area contributed by atoms with Crippen LogP contribution in [0, 0.1) is 0 Å². The Hall–Kier alpha value is -0.120. The van der Waals surface area contributed by atoms with Crippen molar-refractivity contribution in [3.8, 4) is 0 Å². The van der Waals surface area contributed by atoms with Crippen molar-refractivity contribution >= 4 is 24.8 Å². The molecule has 0 unspecified atom stereocenters. The monoisotopic (exact) mass is 171 g/mol. The van der Waals surface area contributed by atoms with Gasteiger partial charge >= 0.3 is 0 Å². The van der Waals surface area contributed by atoms with Crippen LogP contribution in [0.15, 0.2) is 35.8 Å². The minimum atomic E-state index is 0.864. The molecule has 1 nitrogen and oxygen atoms in total. The van der Waals surface area contributed by atoms with Crippen LogP contribution >= 0.6 is 24.8 Å². The van der Waals surface area contributed by atoms with Gasteiger partial charge in [-0.2, -0.15) is 3.71 Å². The average Bonchev–Trinajstić information content (AvgIpc) is 2.02. The van der Waals surface area contributed by atoms with E-state index in [0.29, 0.717) is 0 Å². The van der Waals surface area contributed by atoms with Crippen molar-refractivity contribution in [2.75, 3.05) is 6.54 Å². The predicted molar refractivity (Wildman–Crippen MR) is 50.7 cm³/mol. The zero-order chi connectivity index (χ0) is 7.23. The second-order valence-electron chi connectivity index (χ2n) is 1.78. The van der Waals surface area contributed by atoms with Gasteiger partial charge in [-0.1, -0.05) is 43.2 Å². The molecule has 1 aliphatic heterocycles. The van der Waals surface area contributed by atoms with E-state index in [1.165, 1.54) is 0 Å². The third-order valence-corrected chi connectivity index (χ3v) is 2.11. The molecule has 0 saturated heterocycles. The second-order valence-corrected chi connectivity index (χ2v) is 3.46. The SMILES string of the molecule is SN1C\C=C/C=C/C=C\S1. The van der Waals surface area contributed by atoms with Crippen LogP contribution in [-0.4, -0.2) is 10.3 Å². The van der Waals surface area contributed by atoms with Gasteiger partial charge in [0, 0.05) is 6.54 Å². The topological polar surface area (TPSA) is 3.24 Å². The maximum absolute atomic E-state index is 4.19. The molecule has 0 atom stereocenters. The van der Waals surface area contributed by atoms with E-state index < -0.39 is 0 Å². The Labute approximate surface area is 71.2 Å². The Kier molecular flexibility index (Phi) is 3.72. The van der Waals surface area contributed by atoms with E-state index in [-0.39, 0.29) is 0 Å². The maximum atomic E-state index is 4.19. The van der Waals surface area contributed by atoms with Gasteiger partial charge in [-0.05, 0) is 17.4 Å². The molecule has 3 heteroatoms. The molecule has 0 aromatic heterocycles. The van der Waals surface area contributed by atoms with Crippen LogP contribution in [0.4, 0.5) is 0 Å². The molecule has 0 spiro atoms. The lowest BCUT2D eigenvalue weighted by atomic mass is 10.4. The van der Waals surface area contributed by atoms with E-state index in [4.69, 9.17) is 0 Å². The first-order chi connectivity index (χ1) is 4.89. The molecular formula is C7H9NS2. The number of nitrogens with zero attached hydrogens (tertiary/aromatic N) is 1. The summed E-state index contributed by atoms with van der Waals surface area (Å²) in [5, 5.41) is 2.00. The van der Waals surface area contributed by atoms with E-state index >= 15 is 0 Å². The predicted octanol–water partition coefficient (Wildman–Crippen LogP) is 2.42. The van der Waals surface area contributed by atoms with Crippen molar-refractivity contribution < 1.29 is 0 Å². The molecule has 10 heavy (non-hydrogen) atoms. The van der Waals surface area contributed by atoms with Gasteiger partial charge in [0.2, 0.25) is 0 Å². The molecule has 0 aromatic rings. The normalized spacial score (nSPS) is 29.7. The fourth-order valence-electron chi connectivity index (χ4n) is 0.552. The Bertz CT molecular complexity index is 154. The molecule has 1 heterocycles. The number of hydrogen-bond acceptors (Lipinski definition) is 3. The fraction of sp³-hybridized carbons (Fsp3) is 0.143. The lowest BCUT2D eigenvalue weighted by Crippen LogP contribution is -1.98. The molecule has 0 amide bonds. The minimum Gasteiger partial charge on any atom is -0.190 e. The van der Waals surface area contributed by atoms with Gasteiger partial charge in [-0.25, -0.2) is 0 Å². The second kappa shape index (κ2) is 4.66. The van der Waals surface area contributed by atoms with Gasteiger partial charge in [0.15, 0.2) is 0 Å². The van der Waals surface area contributed by atoms with Crippen molar-refractivity contribution in [1.29, 1.82) is 0 Å². The van der Waals surface area contributed by atoms with Crippen LogP contribution in [0.5, 0.6) is 0 Å². The summed E-state index contributed by atoms with van der Waals surface area (Å²) in [6, 6.07) is 0. The third kappa shape index (κ3) is 3.15. The molecule has 0 aromatic carbocycles. The number of allylic oxidation sites excluding steroid dienone is 4. The lowest BCUT2D eigenvalue weighted by molar-refractivity contribution is 0.859. The Morgan fingerprint density at radius 2 is 2.00 bits per heavy atom. The van der Waals surface area contributed by atoms with Crippen LogP contribution in [-0.2, 0) is 0 Å². The summed E-state index contributed by atoms with van der Waals surface area (Å²) in [5.41, 5.74) is 0. The zero-order valence-electron chi connectivity index (χ0n) is 5.47. The molecule has 0 N–H and O–H groups in total. The van der Waals surface area contributed by atoms with E-state index in [1.54, 1.807) is 11.9 Å². The van der Waals surface area contributed by atoms with Crippen LogP contribution in [0.2, 0.25) is 0 Å². The quantitative estimate of drug-likeness (QED) is 0.440. The van der Waals surface area contributed by atoms with Gasteiger partial charge in [0.1, 0.15) is 0 Å². The largest absolute Gasteiger partial charge is 0.190 e. The van der Waals surface area contributed by atoms with E-state index in [0.717, 1.165) is 6.54 Å². The highest BCUT2D eigenvalue weighted by Gasteiger charge is 1.91. The smallest absolute Gasteiger partial charge is 0.0387 e. The molecular weight excluding hydrogens is 162 g/mol. The molecule has 0 saturated carbocycles. The van der Waals surface area contributed by atoms with E-state index in [9.17, 15) is 0 Å². The molecule has 0 bridgehead atoms. The number of thiol groups is 1. The van der Waals surface area contributed by atoms with Gasteiger partial charge in [-0.15, -0.1) is 0 Å². The van der Waals surface area contributed by atoms with Crippen molar-refractivity contribution in [1.82, 2.24) is 3.71 Å². The van der Waals surface area contributed by atoms with Gasteiger partial charge in [0.05, 0.1) is 0 Å². The summed E-state index contributed by atoms with van der Waals surface area (Å²) < 4.78 is 1.86. The molecule has 0 aliphatic carbocycles. The summed E-state index contributed by atoms with van der Waals surface area (Å²) in [7, 11) is 0. The third-order valence-electron chi connectivity index (χ3n) is 0.992. The van der Waals surface area contributed by atoms with E-state index in [1.807, 2.05) is 33.4 Å². The average molecular weight is 171 g/mol. The molecule has 0 fully saturated rings. The summed E-state index contributed by atoms with van der Waals surface area (Å²) >= 11 is 5.77. The molecule has 0 radical (unpaired) electrons. The Balaban J connectivity index is 2.52. The number of hydrogen-bond donors (Lipinski definition) is 1. The zero-order valence-corrected chi connectivity index (χ0v) is 7.18. The fourth-order valence-corrected chi connectivity index (χ4v) is 1.28. The maximum Gasteiger partial charge on any atom is 0.0387 e. The Morgan fingerprint density at radius 3 is 2.90 bits per heavy atom. The highest BCUT2D eigenvalue weighted by atomic mass is 32.2. The van der Waals surface area contributed by atoms with Crippen LogP contribution < -0.4 is 0 Å². The summed E-state index contributed by atoms with van der Waals surface area (Å²) in [4.78, 5) is 0. The van der Waals surface area contributed by atoms with Gasteiger partial charge < -0.3 is 0 Å². The van der Waals surface area contributed by atoms with Gasteiger partial charge in [0.25, 0.3) is 0 Å². The van der Waals surface area contributed by atoms with Gasteiger partial charge in [-0.3, -0.25) is 0 Å². The van der Waals surface area contributed by atoms with Crippen molar-refractivity contribution in [2.45, 2.75) is 0 Å². The van der Waals surface area contributed by atoms with Crippen LogP contribution in [0.25, 0.3) is 0 Å². The molecule has 1 rings (SSSR count). The Morgan fingerprint density at radius 1 is 1.20 bits per heavy atom.